The molecular weight excluding hydrogens is 292 g/mol. The molecule has 1 aliphatic heterocycles. The van der Waals surface area contributed by atoms with Gasteiger partial charge in [0.1, 0.15) is 0 Å². The maximum Gasteiger partial charge on any atom is 0.217 e. The first-order valence-electron chi connectivity index (χ1n) is 7.69. The number of anilines is 3. The molecule has 2 aromatic rings. The lowest BCUT2D eigenvalue weighted by atomic mass is 10.2. The normalized spacial score (nSPS) is 17.5. The minimum absolute atomic E-state index is 0.0154. The van der Waals surface area contributed by atoms with Crippen LogP contribution < -0.4 is 20.9 Å². The predicted octanol–water partition coefficient (Wildman–Crippen LogP) is 0.993. The smallest absolute Gasteiger partial charge is 0.217 e. The van der Waals surface area contributed by atoms with Gasteiger partial charge < -0.3 is 20.9 Å². The first-order chi connectivity index (χ1) is 10.9. The molecule has 23 heavy (non-hydrogen) atoms. The molecule has 1 atom stereocenters. The number of amides is 1. The Morgan fingerprint density at radius 1 is 1.43 bits per heavy atom. The molecule has 1 unspecified atom stereocenters. The second-order valence-electron chi connectivity index (χ2n) is 6.17. The Morgan fingerprint density at radius 3 is 2.91 bits per heavy atom. The summed E-state index contributed by atoms with van der Waals surface area (Å²) in [6.07, 6.45) is 2.78. The molecule has 1 aliphatic rings. The van der Waals surface area contributed by atoms with Crippen molar-refractivity contribution in [2.75, 3.05) is 42.7 Å². The second kappa shape index (κ2) is 5.91. The molecule has 7 nitrogen and oxygen atoms in total. The SMILES string of the molecule is CC(=O)NC1CCN(c2cnc3nc(N(C)C)c(N)cc3c2)C1. The molecule has 0 spiro atoms. The van der Waals surface area contributed by atoms with E-state index in [-0.39, 0.29) is 11.9 Å². The maximum atomic E-state index is 11.2. The Hall–Kier alpha value is -2.57. The standard InChI is InChI=1S/C16H22N6O/c1-10(23)19-12-4-5-22(9-12)13-6-11-7-14(17)16(21(2)3)20-15(11)18-8-13/h6-8,12H,4-5,9,17H2,1-3H3,(H,19,23). The molecule has 0 radical (unpaired) electrons. The molecule has 1 saturated heterocycles. The first-order valence-corrected chi connectivity index (χ1v) is 7.69. The van der Waals surface area contributed by atoms with Crippen LogP contribution in [0.4, 0.5) is 17.2 Å². The molecule has 0 bridgehead atoms. The number of hydrogen-bond acceptors (Lipinski definition) is 6. The van der Waals surface area contributed by atoms with Crippen molar-refractivity contribution >= 4 is 34.1 Å². The van der Waals surface area contributed by atoms with Crippen molar-refractivity contribution < 1.29 is 4.79 Å². The zero-order valence-electron chi connectivity index (χ0n) is 13.7. The first kappa shape index (κ1) is 15.3. The molecule has 3 rings (SSSR count). The average molecular weight is 314 g/mol. The van der Waals surface area contributed by atoms with E-state index in [9.17, 15) is 4.79 Å². The van der Waals surface area contributed by atoms with Gasteiger partial charge in [-0.2, -0.15) is 0 Å². The second-order valence-corrected chi connectivity index (χ2v) is 6.17. The van der Waals surface area contributed by atoms with Crippen LogP contribution in [0.5, 0.6) is 0 Å². The van der Waals surface area contributed by atoms with Gasteiger partial charge in [0.2, 0.25) is 5.91 Å². The molecule has 3 heterocycles. The highest BCUT2D eigenvalue weighted by Gasteiger charge is 2.23. The fourth-order valence-electron chi connectivity index (χ4n) is 2.99. The topological polar surface area (TPSA) is 87.4 Å². The summed E-state index contributed by atoms with van der Waals surface area (Å²) < 4.78 is 0. The van der Waals surface area contributed by atoms with Crippen molar-refractivity contribution in [2.45, 2.75) is 19.4 Å². The highest BCUT2D eigenvalue weighted by atomic mass is 16.1. The van der Waals surface area contributed by atoms with Gasteiger partial charge in [-0.25, -0.2) is 9.97 Å². The molecule has 1 amide bonds. The minimum atomic E-state index is 0.0154. The number of carbonyl (C=O) groups excluding carboxylic acids is 1. The zero-order valence-corrected chi connectivity index (χ0v) is 13.7. The van der Waals surface area contributed by atoms with E-state index in [4.69, 9.17) is 5.73 Å². The third-order valence-electron chi connectivity index (χ3n) is 4.05. The van der Waals surface area contributed by atoms with Gasteiger partial charge in [-0.1, -0.05) is 0 Å². The number of pyridine rings is 2. The van der Waals surface area contributed by atoms with Crippen LogP contribution in [0.3, 0.4) is 0 Å². The van der Waals surface area contributed by atoms with Gasteiger partial charge in [0.05, 0.1) is 17.6 Å². The Kier molecular flexibility index (Phi) is 3.94. The van der Waals surface area contributed by atoms with Crippen LogP contribution >= 0.6 is 0 Å². The molecule has 2 aromatic heterocycles. The fraction of sp³-hybridized carbons (Fsp3) is 0.438. The van der Waals surface area contributed by atoms with Crippen LogP contribution in [0.15, 0.2) is 18.3 Å². The number of nitrogens with two attached hydrogens (primary N) is 1. The number of nitrogen functional groups attached to an aromatic ring is 1. The lowest BCUT2D eigenvalue weighted by Gasteiger charge is -2.19. The number of fused-ring (bicyclic) bond motifs is 1. The summed E-state index contributed by atoms with van der Waals surface area (Å²) in [5, 5.41) is 3.89. The van der Waals surface area contributed by atoms with E-state index >= 15 is 0 Å². The Bertz CT molecular complexity index is 745. The number of nitrogens with one attached hydrogen (secondary N) is 1. The third-order valence-corrected chi connectivity index (χ3v) is 4.05. The van der Waals surface area contributed by atoms with Crippen LogP contribution in [-0.2, 0) is 4.79 Å². The molecule has 0 aliphatic carbocycles. The number of aromatic nitrogens is 2. The Balaban J connectivity index is 1.86. The van der Waals surface area contributed by atoms with Gasteiger partial charge in [0.15, 0.2) is 11.5 Å². The van der Waals surface area contributed by atoms with Crippen LogP contribution in [-0.4, -0.2) is 49.1 Å². The summed E-state index contributed by atoms with van der Waals surface area (Å²) in [7, 11) is 3.82. The van der Waals surface area contributed by atoms with Crippen molar-refractivity contribution in [1.29, 1.82) is 0 Å². The van der Waals surface area contributed by atoms with Gasteiger partial charge >= 0.3 is 0 Å². The molecule has 3 N–H and O–H groups in total. The van der Waals surface area contributed by atoms with E-state index < -0.39 is 0 Å². The van der Waals surface area contributed by atoms with Crippen molar-refractivity contribution in [2.24, 2.45) is 0 Å². The lowest BCUT2D eigenvalue weighted by molar-refractivity contribution is -0.119. The Labute approximate surface area is 135 Å². The summed E-state index contributed by atoms with van der Waals surface area (Å²) >= 11 is 0. The molecule has 0 saturated carbocycles. The van der Waals surface area contributed by atoms with Gasteiger partial charge in [-0.15, -0.1) is 0 Å². The van der Waals surface area contributed by atoms with Crippen LogP contribution in [0, 0.1) is 0 Å². The number of hydrogen-bond donors (Lipinski definition) is 2. The average Bonchev–Trinajstić information content (AvgIpc) is 2.93. The maximum absolute atomic E-state index is 11.2. The highest BCUT2D eigenvalue weighted by Crippen LogP contribution is 2.27. The molecule has 7 heteroatoms. The quantitative estimate of drug-likeness (QED) is 0.878. The summed E-state index contributed by atoms with van der Waals surface area (Å²) in [5.74, 6) is 0.742. The van der Waals surface area contributed by atoms with Crippen LogP contribution in [0.2, 0.25) is 0 Å². The van der Waals surface area contributed by atoms with Gasteiger partial charge in [-0.05, 0) is 18.6 Å². The van der Waals surface area contributed by atoms with Crippen LogP contribution in [0.25, 0.3) is 11.0 Å². The van der Waals surface area contributed by atoms with E-state index in [1.165, 1.54) is 0 Å². The molecule has 0 aromatic carbocycles. The van der Waals surface area contributed by atoms with E-state index in [0.717, 1.165) is 36.4 Å². The van der Waals surface area contributed by atoms with Crippen molar-refractivity contribution in [3.63, 3.8) is 0 Å². The van der Waals surface area contributed by atoms with Gasteiger partial charge in [0, 0.05) is 45.5 Å². The largest absolute Gasteiger partial charge is 0.396 e. The third kappa shape index (κ3) is 3.13. The monoisotopic (exact) mass is 314 g/mol. The number of carbonyl (C=O) groups is 1. The van der Waals surface area contributed by atoms with Gasteiger partial charge in [-0.3, -0.25) is 4.79 Å². The summed E-state index contributed by atoms with van der Waals surface area (Å²) in [6, 6.07) is 4.17. The fourth-order valence-corrected chi connectivity index (χ4v) is 2.99. The van der Waals surface area contributed by atoms with E-state index in [1.807, 2.05) is 31.3 Å². The molecular formula is C16H22N6O. The van der Waals surface area contributed by atoms with Crippen molar-refractivity contribution in [3.05, 3.63) is 18.3 Å². The van der Waals surface area contributed by atoms with E-state index in [1.54, 1.807) is 6.92 Å². The van der Waals surface area contributed by atoms with Gasteiger partial charge in [0.25, 0.3) is 0 Å². The lowest BCUT2D eigenvalue weighted by Crippen LogP contribution is -2.35. The van der Waals surface area contributed by atoms with E-state index in [0.29, 0.717) is 11.3 Å². The summed E-state index contributed by atoms with van der Waals surface area (Å²) in [6.45, 7) is 3.25. The number of rotatable bonds is 3. The molecule has 122 valence electrons. The highest BCUT2D eigenvalue weighted by molar-refractivity contribution is 5.85. The van der Waals surface area contributed by atoms with Crippen molar-refractivity contribution in [3.8, 4) is 0 Å². The Morgan fingerprint density at radius 2 is 2.22 bits per heavy atom. The van der Waals surface area contributed by atoms with E-state index in [2.05, 4.69) is 26.3 Å². The predicted molar refractivity (Wildman–Crippen MR) is 92.7 cm³/mol. The minimum Gasteiger partial charge on any atom is -0.396 e. The van der Waals surface area contributed by atoms with Crippen molar-refractivity contribution in [1.82, 2.24) is 15.3 Å². The summed E-state index contributed by atoms with van der Waals surface area (Å²) in [5.41, 5.74) is 8.43. The number of nitrogens with zero attached hydrogens (tertiary/aromatic N) is 4. The summed E-state index contributed by atoms with van der Waals surface area (Å²) in [4.78, 5) is 24.3. The zero-order chi connectivity index (χ0) is 16.6. The van der Waals surface area contributed by atoms with Crippen LogP contribution in [0.1, 0.15) is 13.3 Å². The molecule has 1 fully saturated rings.